The van der Waals surface area contributed by atoms with Crippen molar-refractivity contribution in [3.63, 3.8) is 0 Å². The van der Waals surface area contributed by atoms with Crippen molar-refractivity contribution < 1.29 is 24.1 Å². The molecule has 1 fully saturated rings. The van der Waals surface area contributed by atoms with E-state index in [-0.39, 0.29) is 37.4 Å². The Labute approximate surface area is 207 Å². The quantitative estimate of drug-likeness (QED) is 0.514. The number of halogens is 2. The average molecular weight is 501 g/mol. The summed E-state index contributed by atoms with van der Waals surface area (Å²) in [6.07, 6.45) is 0.507. The highest BCUT2D eigenvalue weighted by molar-refractivity contribution is 6.30. The van der Waals surface area contributed by atoms with Gasteiger partial charge in [0.15, 0.2) is 12.0 Å². The van der Waals surface area contributed by atoms with Crippen LogP contribution in [0.1, 0.15) is 36.7 Å². The minimum atomic E-state index is -1.29. The maximum atomic E-state index is 13.6. The molecule has 3 heterocycles. The molecule has 8 nitrogen and oxygen atoms in total. The standard InChI is InChI=1S/C25H26ClFN4O4/c26-17-4-1-5-19(14-17)35-25-28-22-21(31(25)15-16-7-9-18(27)10-8-16)24(34)30(12-3-13-32)23(33)20-6-2-11-29(20)22/h1,4-5,7-10,14,20,24,32,34H,2-3,6,11-13,15H2. The molecule has 2 unspecified atom stereocenters. The smallest absolute Gasteiger partial charge is 0.304 e. The maximum absolute atomic E-state index is 13.6. The SMILES string of the molecule is O=C1C2CCCN2c2nc(Oc3cccc(Cl)c3)n(Cc3ccc(F)cc3)c2C(O)N1CCCO. The van der Waals surface area contributed by atoms with Gasteiger partial charge in [-0.25, -0.2) is 4.39 Å². The number of nitrogens with zero attached hydrogens (tertiary/aromatic N) is 4. The number of aromatic nitrogens is 2. The number of amides is 1. The Morgan fingerprint density at radius 1 is 1.20 bits per heavy atom. The molecule has 2 N–H and O–H groups in total. The number of hydrogen-bond acceptors (Lipinski definition) is 6. The van der Waals surface area contributed by atoms with Crippen molar-refractivity contribution in [2.24, 2.45) is 0 Å². The van der Waals surface area contributed by atoms with Gasteiger partial charge in [-0.15, -0.1) is 0 Å². The molecular formula is C25H26ClFN4O4. The molecule has 2 atom stereocenters. The van der Waals surface area contributed by atoms with Crippen LogP contribution in [0.3, 0.4) is 0 Å². The average Bonchev–Trinajstić information content (AvgIpc) is 3.44. The fourth-order valence-corrected chi connectivity index (χ4v) is 4.93. The van der Waals surface area contributed by atoms with Gasteiger partial charge in [-0.05, 0) is 55.2 Å². The molecule has 2 aliphatic heterocycles. The van der Waals surface area contributed by atoms with E-state index in [9.17, 15) is 19.4 Å². The lowest BCUT2D eigenvalue weighted by atomic mass is 10.2. The number of carbonyl (C=O) groups excluding carboxylic acids is 1. The van der Waals surface area contributed by atoms with Crippen LogP contribution in [0.5, 0.6) is 11.8 Å². The number of ether oxygens (including phenoxy) is 1. The second-order valence-electron chi connectivity index (χ2n) is 8.71. The second-order valence-corrected chi connectivity index (χ2v) is 9.15. The van der Waals surface area contributed by atoms with Crippen molar-refractivity contribution in [3.05, 3.63) is 70.6 Å². The van der Waals surface area contributed by atoms with Gasteiger partial charge in [0.1, 0.15) is 23.3 Å². The fourth-order valence-electron chi connectivity index (χ4n) is 4.75. The first-order valence-electron chi connectivity index (χ1n) is 11.6. The van der Waals surface area contributed by atoms with Crippen molar-refractivity contribution in [3.8, 4) is 11.8 Å². The molecule has 0 spiro atoms. The first-order valence-corrected chi connectivity index (χ1v) is 12.0. The zero-order chi connectivity index (χ0) is 24.5. The normalized spacial score (nSPS) is 19.5. The van der Waals surface area contributed by atoms with E-state index < -0.39 is 12.3 Å². The monoisotopic (exact) mass is 500 g/mol. The van der Waals surface area contributed by atoms with E-state index in [2.05, 4.69) is 0 Å². The summed E-state index contributed by atoms with van der Waals surface area (Å²) in [4.78, 5) is 21.4. The topological polar surface area (TPSA) is 91.1 Å². The third kappa shape index (κ3) is 4.59. The van der Waals surface area contributed by atoms with Crippen LogP contribution in [0.4, 0.5) is 10.2 Å². The summed E-state index contributed by atoms with van der Waals surface area (Å²) < 4.78 is 21.4. The highest BCUT2D eigenvalue weighted by atomic mass is 35.5. The first kappa shape index (κ1) is 23.6. The molecule has 5 rings (SSSR count). The molecule has 1 amide bonds. The van der Waals surface area contributed by atoms with Crippen molar-refractivity contribution >= 4 is 23.3 Å². The predicted octanol–water partition coefficient (Wildman–Crippen LogP) is 3.70. The summed E-state index contributed by atoms with van der Waals surface area (Å²) in [5, 5.41) is 21.4. The number of carbonyl (C=O) groups is 1. The van der Waals surface area contributed by atoms with Crippen molar-refractivity contribution in [2.45, 2.75) is 38.1 Å². The molecule has 2 aliphatic rings. The van der Waals surface area contributed by atoms with E-state index in [1.807, 2.05) is 4.90 Å². The number of benzene rings is 2. The van der Waals surface area contributed by atoms with Gasteiger partial charge in [-0.2, -0.15) is 4.98 Å². The Kier molecular flexibility index (Phi) is 6.64. The summed E-state index contributed by atoms with van der Waals surface area (Å²) in [7, 11) is 0. The van der Waals surface area contributed by atoms with Crippen molar-refractivity contribution in [1.82, 2.24) is 14.5 Å². The number of imidazole rings is 1. The lowest BCUT2D eigenvalue weighted by molar-refractivity contribution is -0.143. The second kappa shape index (κ2) is 9.85. The van der Waals surface area contributed by atoms with Gasteiger partial charge < -0.3 is 24.7 Å². The van der Waals surface area contributed by atoms with Gasteiger partial charge in [-0.1, -0.05) is 29.8 Å². The maximum Gasteiger partial charge on any atom is 0.304 e. The van der Waals surface area contributed by atoms with Gasteiger partial charge in [0.05, 0.1) is 6.54 Å². The zero-order valence-corrected chi connectivity index (χ0v) is 19.7. The van der Waals surface area contributed by atoms with E-state index in [1.54, 1.807) is 41.0 Å². The molecule has 2 aromatic carbocycles. The number of fused-ring (bicyclic) bond motifs is 3. The van der Waals surface area contributed by atoms with E-state index in [1.165, 1.54) is 17.0 Å². The Morgan fingerprint density at radius 3 is 2.74 bits per heavy atom. The third-order valence-corrected chi connectivity index (χ3v) is 6.64. The summed E-state index contributed by atoms with van der Waals surface area (Å²) in [6.45, 7) is 0.951. The minimum absolute atomic E-state index is 0.101. The molecule has 184 valence electrons. The molecular weight excluding hydrogens is 475 g/mol. The molecule has 0 bridgehead atoms. The first-order chi connectivity index (χ1) is 17.0. The van der Waals surface area contributed by atoms with E-state index in [4.69, 9.17) is 21.3 Å². The largest absolute Gasteiger partial charge is 0.425 e. The zero-order valence-electron chi connectivity index (χ0n) is 19.0. The number of aliphatic hydroxyl groups is 2. The van der Waals surface area contributed by atoms with Crippen LogP contribution in [0.2, 0.25) is 5.02 Å². The van der Waals surface area contributed by atoms with Crippen LogP contribution in [0.25, 0.3) is 0 Å². The van der Waals surface area contributed by atoms with E-state index in [0.29, 0.717) is 41.7 Å². The summed E-state index contributed by atoms with van der Waals surface area (Å²) in [5.41, 5.74) is 1.19. The van der Waals surface area contributed by atoms with Gasteiger partial charge in [0.25, 0.3) is 0 Å². The minimum Gasteiger partial charge on any atom is -0.425 e. The van der Waals surface area contributed by atoms with Crippen molar-refractivity contribution in [2.75, 3.05) is 24.6 Å². The summed E-state index contributed by atoms with van der Waals surface area (Å²) in [6, 6.07) is 12.7. The van der Waals surface area contributed by atoms with Gasteiger partial charge >= 0.3 is 6.01 Å². The van der Waals surface area contributed by atoms with Gasteiger partial charge in [0.2, 0.25) is 5.91 Å². The number of hydrogen-bond donors (Lipinski definition) is 2. The molecule has 0 aliphatic carbocycles. The lowest BCUT2D eigenvalue weighted by Crippen LogP contribution is -2.45. The molecule has 10 heteroatoms. The Balaban J connectivity index is 1.64. The third-order valence-electron chi connectivity index (χ3n) is 6.40. The highest BCUT2D eigenvalue weighted by Crippen LogP contribution is 2.41. The van der Waals surface area contributed by atoms with Gasteiger partial charge in [0, 0.05) is 24.7 Å². The molecule has 35 heavy (non-hydrogen) atoms. The van der Waals surface area contributed by atoms with Crippen LogP contribution in [0, 0.1) is 5.82 Å². The van der Waals surface area contributed by atoms with Crippen LogP contribution < -0.4 is 9.64 Å². The van der Waals surface area contributed by atoms with Crippen LogP contribution >= 0.6 is 11.6 Å². The molecule has 0 saturated carbocycles. The lowest BCUT2D eigenvalue weighted by Gasteiger charge is -2.29. The Morgan fingerprint density at radius 2 is 2.00 bits per heavy atom. The fraction of sp³-hybridized carbons (Fsp3) is 0.360. The highest BCUT2D eigenvalue weighted by Gasteiger charge is 2.45. The van der Waals surface area contributed by atoms with E-state index in [0.717, 1.165) is 12.0 Å². The molecule has 3 aromatic rings. The molecule has 1 aromatic heterocycles. The molecule has 1 saturated heterocycles. The number of aliphatic hydroxyl groups excluding tert-OH is 2. The van der Waals surface area contributed by atoms with Gasteiger partial charge in [-0.3, -0.25) is 9.36 Å². The Hall–Kier alpha value is -3.14. The van der Waals surface area contributed by atoms with Crippen LogP contribution in [-0.4, -0.2) is 56.3 Å². The van der Waals surface area contributed by atoms with Crippen LogP contribution in [0.15, 0.2) is 48.5 Å². The Bertz CT molecular complexity index is 1220. The van der Waals surface area contributed by atoms with Crippen LogP contribution in [-0.2, 0) is 11.3 Å². The summed E-state index contributed by atoms with van der Waals surface area (Å²) in [5.74, 6) is 0.416. The number of rotatable bonds is 7. The van der Waals surface area contributed by atoms with Crippen molar-refractivity contribution in [1.29, 1.82) is 0 Å². The van der Waals surface area contributed by atoms with E-state index >= 15 is 0 Å². The predicted molar refractivity (Wildman–Crippen MR) is 128 cm³/mol. The summed E-state index contributed by atoms with van der Waals surface area (Å²) >= 11 is 6.14. The molecule has 0 radical (unpaired) electrons. The number of anilines is 1.